The molecule has 2 aromatic rings. The van der Waals surface area contributed by atoms with Gasteiger partial charge >= 0.3 is 0 Å². The van der Waals surface area contributed by atoms with E-state index in [0.29, 0.717) is 6.61 Å². The van der Waals surface area contributed by atoms with Crippen molar-refractivity contribution in [1.29, 1.82) is 0 Å². The van der Waals surface area contributed by atoms with Gasteiger partial charge in [-0.25, -0.2) is 4.39 Å². The zero-order chi connectivity index (χ0) is 14.9. The summed E-state index contributed by atoms with van der Waals surface area (Å²) >= 11 is 0. The van der Waals surface area contributed by atoms with E-state index in [4.69, 9.17) is 4.74 Å². The number of hydrogen-bond acceptors (Lipinski definition) is 1. The maximum absolute atomic E-state index is 13.1. The van der Waals surface area contributed by atoms with Crippen LogP contribution in [-0.2, 0) is 13.0 Å². The Morgan fingerprint density at radius 1 is 0.905 bits per heavy atom. The lowest BCUT2D eigenvalue weighted by Gasteiger charge is -2.07. The highest BCUT2D eigenvalue weighted by molar-refractivity contribution is 5.28. The van der Waals surface area contributed by atoms with Crippen LogP contribution in [0.1, 0.15) is 36.8 Å². The molecular formula is C19H22FO. The molecule has 1 radical (unpaired) electrons. The quantitative estimate of drug-likeness (QED) is 0.595. The lowest BCUT2D eigenvalue weighted by atomic mass is 10.1. The van der Waals surface area contributed by atoms with Crippen LogP contribution in [0.4, 0.5) is 4.39 Å². The monoisotopic (exact) mass is 285 g/mol. The van der Waals surface area contributed by atoms with Crippen LogP contribution in [0.15, 0.2) is 48.5 Å². The van der Waals surface area contributed by atoms with Gasteiger partial charge in [-0.15, -0.1) is 0 Å². The van der Waals surface area contributed by atoms with Crippen LogP contribution in [0.3, 0.4) is 0 Å². The van der Waals surface area contributed by atoms with Gasteiger partial charge in [-0.3, -0.25) is 0 Å². The number of hydrogen-bond donors (Lipinski definition) is 0. The molecule has 21 heavy (non-hydrogen) atoms. The highest BCUT2D eigenvalue weighted by atomic mass is 19.1. The number of ether oxygens (including phenoxy) is 1. The van der Waals surface area contributed by atoms with Gasteiger partial charge in [0, 0.05) is 0 Å². The van der Waals surface area contributed by atoms with Crippen molar-refractivity contribution in [3.8, 4) is 5.75 Å². The summed E-state index contributed by atoms with van der Waals surface area (Å²) in [6.07, 6.45) is 5.77. The van der Waals surface area contributed by atoms with E-state index in [2.05, 4.69) is 19.1 Å². The van der Waals surface area contributed by atoms with Crippen LogP contribution in [0, 0.1) is 12.7 Å². The molecule has 0 amide bonds. The fourth-order valence-electron chi connectivity index (χ4n) is 2.23. The Labute approximate surface area is 126 Å². The van der Waals surface area contributed by atoms with Crippen LogP contribution in [0.25, 0.3) is 0 Å². The first-order chi connectivity index (χ1) is 10.3. The molecule has 0 aliphatic rings. The van der Waals surface area contributed by atoms with Crippen LogP contribution >= 0.6 is 0 Å². The molecule has 0 spiro atoms. The second kappa shape index (κ2) is 8.46. The Morgan fingerprint density at radius 3 is 2.43 bits per heavy atom. The standard InChI is InChI=1S/C19H22FO/c1-2-3-4-5-7-16-10-12-19(13-11-16)21-15-17-8-6-9-18(20)14-17/h6,8-14H,1-5,7,15H2. The first-order valence-corrected chi connectivity index (χ1v) is 7.53. The molecule has 0 saturated heterocycles. The maximum Gasteiger partial charge on any atom is 0.123 e. The fourth-order valence-corrected chi connectivity index (χ4v) is 2.23. The number of unbranched alkanes of at least 4 members (excludes halogenated alkanes) is 3. The maximum atomic E-state index is 13.1. The summed E-state index contributed by atoms with van der Waals surface area (Å²) in [5.41, 5.74) is 2.17. The van der Waals surface area contributed by atoms with E-state index < -0.39 is 0 Å². The van der Waals surface area contributed by atoms with E-state index >= 15 is 0 Å². The molecule has 0 heterocycles. The Morgan fingerprint density at radius 2 is 1.71 bits per heavy atom. The lowest BCUT2D eigenvalue weighted by molar-refractivity contribution is 0.305. The third-order valence-electron chi connectivity index (χ3n) is 3.43. The summed E-state index contributed by atoms with van der Waals surface area (Å²) in [4.78, 5) is 0. The molecule has 2 heteroatoms. The summed E-state index contributed by atoms with van der Waals surface area (Å²) < 4.78 is 18.7. The predicted octanol–water partition coefficient (Wildman–Crippen LogP) is 5.34. The number of halogens is 1. The predicted molar refractivity (Wildman–Crippen MR) is 84.7 cm³/mol. The minimum absolute atomic E-state index is 0.228. The molecule has 0 saturated carbocycles. The fraction of sp³-hybridized carbons (Fsp3) is 0.316. The molecule has 0 N–H and O–H groups in total. The van der Waals surface area contributed by atoms with Crippen molar-refractivity contribution in [2.75, 3.05) is 0 Å². The molecule has 0 bridgehead atoms. The van der Waals surface area contributed by atoms with Gasteiger partial charge in [0.15, 0.2) is 0 Å². The third kappa shape index (κ3) is 5.58. The molecule has 0 aliphatic carbocycles. The largest absolute Gasteiger partial charge is 0.489 e. The second-order valence-electron chi connectivity index (χ2n) is 5.23. The average Bonchev–Trinajstić information content (AvgIpc) is 2.51. The number of benzene rings is 2. The smallest absolute Gasteiger partial charge is 0.123 e. The highest BCUT2D eigenvalue weighted by Gasteiger charge is 1.99. The van der Waals surface area contributed by atoms with Gasteiger partial charge in [-0.2, -0.15) is 0 Å². The topological polar surface area (TPSA) is 9.23 Å². The van der Waals surface area contributed by atoms with Crippen LogP contribution in [-0.4, -0.2) is 0 Å². The van der Waals surface area contributed by atoms with Crippen molar-refractivity contribution < 1.29 is 9.13 Å². The van der Waals surface area contributed by atoms with Crippen molar-refractivity contribution in [3.63, 3.8) is 0 Å². The first-order valence-electron chi connectivity index (χ1n) is 7.53. The Bertz CT molecular complexity index is 534. The van der Waals surface area contributed by atoms with Gasteiger partial charge in [0.05, 0.1) is 0 Å². The van der Waals surface area contributed by atoms with Crippen LogP contribution in [0.5, 0.6) is 5.75 Å². The SMILES string of the molecule is [CH2]CCCCCc1ccc(OCc2cccc(F)c2)cc1. The number of rotatable bonds is 8. The average molecular weight is 285 g/mol. The van der Waals surface area contributed by atoms with Crippen LogP contribution in [0.2, 0.25) is 0 Å². The molecule has 0 fully saturated rings. The summed E-state index contributed by atoms with van der Waals surface area (Å²) in [6, 6.07) is 14.7. The highest BCUT2D eigenvalue weighted by Crippen LogP contribution is 2.16. The van der Waals surface area contributed by atoms with Crippen LogP contribution < -0.4 is 4.74 Å². The number of aryl methyl sites for hydroxylation is 1. The Hall–Kier alpha value is -1.83. The van der Waals surface area contributed by atoms with Crippen molar-refractivity contribution in [3.05, 3.63) is 72.4 Å². The summed E-state index contributed by atoms with van der Waals surface area (Å²) in [5, 5.41) is 0. The Kier molecular flexibility index (Phi) is 6.26. The normalized spacial score (nSPS) is 10.6. The molecule has 0 aromatic heterocycles. The zero-order valence-electron chi connectivity index (χ0n) is 12.4. The molecule has 1 nitrogen and oxygen atoms in total. The first kappa shape index (κ1) is 15.6. The zero-order valence-corrected chi connectivity index (χ0v) is 12.4. The van der Waals surface area contributed by atoms with Gasteiger partial charge in [-0.1, -0.05) is 50.5 Å². The third-order valence-corrected chi connectivity index (χ3v) is 3.43. The van der Waals surface area contributed by atoms with E-state index in [0.717, 1.165) is 24.2 Å². The van der Waals surface area contributed by atoms with Gasteiger partial charge in [0.1, 0.15) is 18.2 Å². The summed E-state index contributed by atoms with van der Waals surface area (Å²) in [5.74, 6) is 0.592. The van der Waals surface area contributed by atoms with E-state index in [1.54, 1.807) is 6.07 Å². The van der Waals surface area contributed by atoms with E-state index in [1.165, 1.54) is 37.0 Å². The van der Waals surface area contributed by atoms with Gasteiger partial charge in [0.2, 0.25) is 0 Å². The Balaban J connectivity index is 1.79. The van der Waals surface area contributed by atoms with E-state index in [1.807, 2.05) is 18.2 Å². The summed E-state index contributed by atoms with van der Waals surface area (Å²) in [7, 11) is 0. The van der Waals surface area contributed by atoms with E-state index in [9.17, 15) is 4.39 Å². The molecule has 111 valence electrons. The van der Waals surface area contributed by atoms with E-state index in [-0.39, 0.29) is 5.82 Å². The lowest BCUT2D eigenvalue weighted by Crippen LogP contribution is -1.96. The van der Waals surface area contributed by atoms with Crippen molar-refractivity contribution in [1.82, 2.24) is 0 Å². The molecular weight excluding hydrogens is 263 g/mol. The summed E-state index contributed by atoms with van der Waals surface area (Å²) in [6.45, 7) is 4.24. The molecule has 0 atom stereocenters. The van der Waals surface area contributed by atoms with Gasteiger partial charge < -0.3 is 4.74 Å². The molecule has 2 aromatic carbocycles. The van der Waals surface area contributed by atoms with Crippen molar-refractivity contribution in [2.45, 2.75) is 38.7 Å². The minimum Gasteiger partial charge on any atom is -0.489 e. The molecule has 0 unspecified atom stereocenters. The van der Waals surface area contributed by atoms with Gasteiger partial charge in [0.25, 0.3) is 0 Å². The second-order valence-corrected chi connectivity index (χ2v) is 5.23. The molecule has 2 rings (SSSR count). The van der Waals surface area contributed by atoms with Crippen molar-refractivity contribution in [2.24, 2.45) is 0 Å². The molecule has 0 aliphatic heterocycles. The van der Waals surface area contributed by atoms with Crippen molar-refractivity contribution >= 4 is 0 Å². The van der Waals surface area contributed by atoms with Gasteiger partial charge in [-0.05, 0) is 48.2 Å². The minimum atomic E-state index is -0.228.